The van der Waals surface area contributed by atoms with E-state index in [1.54, 1.807) is 13.3 Å². The van der Waals surface area contributed by atoms with E-state index in [0.29, 0.717) is 24.2 Å². The first-order valence-corrected chi connectivity index (χ1v) is 12.0. The van der Waals surface area contributed by atoms with E-state index in [2.05, 4.69) is 32.2 Å². The van der Waals surface area contributed by atoms with Gasteiger partial charge in [-0.25, -0.2) is 0 Å². The highest BCUT2D eigenvalue weighted by Crippen LogP contribution is 2.27. The summed E-state index contributed by atoms with van der Waals surface area (Å²) in [6.07, 6.45) is 4.02. The normalized spacial score (nSPS) is 14.7. The van der Waals surface area contributed by atoms with E-state index < -0.39 is 0 Å². The fraction of sp³-hybridized carbons (Fsp3) is 0.321. The second kappa shape index (κ2) is 10.7. The van der Waals surface area contributed by atoms with Crippen molar-refractivity contribution >= 4 is 0 Å². The van der Waals surface area contributed by atoms with Crippen molar-refractivity contribution in [1.29, 1.82) is 0 Å². The van der Waals surface area contributed by atoms with Crippen molar-refractivity contribution in [3.05, 3.63) is 78.1 Å². The molecular formula is C28H30N4O3. The van der Waals surface area contributed by atoms with Crippen molar-refractivity contribution in [3.8, 4) is 34.3 Å². The number of hydrogen-bond donors (Lipinski definition) is 0. The average molecular weight is 471 g/mol. The molecule has 7 heteroatoms. The first kappa shape index (κ1) is 23.1. The first-order chi connectivity index (χ1) is 17.2. The summed E-state index contributed by atoms with van der Waals surface area (Å²) in [4.78, 5) is 11.4. The van der Waals surface area contributed by atoms with E-state index in [1.807, 2.05) is 55.5 Å². The van der Waals surface area contributed by atoms with Gasteiger partial charge in [-0.1, -0.05) is 23.4 Å². The number of aromatic nitrogens is 3. The van der Waals surface area contributed by atoms with Gasteiger partial charge in [0.1, 0.15) is 11.5 Å². The molecule has 7 nitrogen and oxygen atoms in total. The molecule has 35 heavy (non-hydrogen) atoms. The number of likely N-dealkylation sites (tertiary alicyclic amines) is 1. The zero-order valence-electron chi connectivity index (χ0n) is 20.2. The number of piperidine rings is 1. The monoisotopic (exact) mass is 470 g/mol. The van der Waals surface area contributed by atoms with Crippen LogP contribution in [0.15, 0.2) is 71.4 Å². The van der Waals surface area contributed by atoms with Crippen molar-refractivity contribution in [2.75, 3.05) is 26.8 Å². The second-order valence-corrected chi connectivity index (χ2v) is 9.02. The molecule has 0 spiro atoms. The van der Waals surface area contributed by atoms with Gasteiger partial charge in [0, 0.05) is 29.6 Å². The number of rotatable bonds is 8. The van der Waals surface area contributed by atoms with Gasteiger partial charge in [0.15, 0.2) is 0 Å². The number of methoxy groups -OCH3 is 1. The van der Waals surface area contributed by atoms with E-state index in [0.717, 1.165) is 60.8 Å². The zero-order valence-corrected chi connectivity index (χ0v) is 20.2. The van der Waals surface area contributed by atoms with E-state index >= 15 is 0 Å². The van der Waals surface area contributed by atoms with Crippen molar-refractivity contribution in [2.24, 2.45) is 5.92 Å². The number of pyridine rings is 1. The number of aryl methyl sites for hydroxylation is 1. The number of nitrogens with zero attached hydrogens (tertiary/aromatic N) is 4. The minimum atomic E-state index is 0.470. The lowest BCUT2D eigenvalue weighted by Crippen LogP contribution is -2.35. The van der Waals surface area contributed by atoms with Crippen LogP contribution in [0.5, 0.6) is 11.5 Å². The Morgan fingerprint density at radius 3 is 2.54 bits per heavy atom. The summed E-state index contributed by atoms with van der Waals surface area (Å²) in [5.41, 5.74) is 3.94. The van der Waals surface area contributed by atoms with Crippen LogP contribution in [-0.4, -0.2) is 46.8 Å². The van der Waals surface area contributed by atoms with E-state index in [9.17, 15) is 0 Å². The molecule has 4 aromatic rings. The van der Waals surface area contributed by atoms with Crippen molar-refractivity contribution in [1.82, 2.24) is 20.0 Å². The van der Waals surface area contributed by atoms with Gasteiger partial charge in [-0.3, -0.25) is 9.88 Å². The van der Waals surface area contributed by atoms with Gasteiger partial charge in [0.2, 0.25) is 5.82 Å². The Balaban J connectivity index is 1.13. The first-order valence-electron chi connectivity index (χ1n) is 12.0. The van der Waals surface area contributed by atoms with Crippen LogP contribution in [0.2, 0.25) is 0 Å². The summed E-state index contributed by atoms with van der Waals surface area (Å²) in [7, 11) is 1.70. The van der Waals surface area contributed by atoms with Crippen molar-refractivity contribution in [3.63, 3.8) is 0 Å². The largest absolute Gasteiger partial charge is 0.497 e. The molecule has 5 rings (SSSR count). The number of ether oxygens (including phenoxy) is 2. The average Bonchev–Trinajstić information content (AvgIpc) is 3.40. The lowest BCUT2D eigenvalue weighted by molar-refractivity contribution is 0.136. The molecule has 1 aliphatic rings. The quantitative estimate of drug-likeness (QED) is 0.341. The van der Waals surface area contributed by atoms with Gasteiger partial charge >= 0.3 is 0 Å². The van der Waals surface area contributed by atoms with E-state index in [-0.39, 0.29) is 0 Å². The predicted molar refractivity (Wildman–Crippen MR) is 134 cm³/mol. The Labute approximate surface area is 205 Å². The molecule has 2 aromatic heterocycles. The molecule has 0 amide bonds. The summed E-state index contributed by atoms with van der Waals surface area (Å²) in [5, 5.41) is 4.11. The molecule has 0 radical (unpaired) electrons. The minimum absolute atomic E-state index is 0.470. The molecule has 3 heterocycles. The maximum atomic E-state index is 6.16. The molecule has 180 valence electrons. The zero-order chi connectivity index (χ0) is 24.0. The van der Waals surface area contributed by atoms with Gasteiger partial charge in [0.25, 0.3) is 5.89 Å². The molecule has 0 saturated carbocycles. The van der Waals surface area contributed by atoms with Crippen LogP contribution in [0.3, 0.4) is 0 Å². The van der Waals surface area contributed by atoms with Crippen LogP contribution in [0.4, 0.5) is 0 Å². The van der Waals surface area contributed by atoms with Crippen LogP contribution in [0, 0.1) is 12.8 Å². The highest BCUT2D eigenvalue weighted by Gasteiger charge is 2.20. The van der Waals surface area contributed by atoms with E-state index in [4.69, 9.17) is 14.0 Å². The summed E-state index contributed by atoms with van der Waals surface area (Å²) >= 11 is 0. The molecular weight excluding hydrogens is 440 g/mol. The third-order valence-electron chi connectivity index (χ3n) is 6.43. The lowest BCUT2D eigenvalue weighted by atomic mass is 9.97. The topological polar surface area (TPSA) is 73.5 Å². The molecule has 1 aliphatic heterocycles. The smallest absolute Gasteiger partial charge is 0.258 e. The van der Waals surface area contributed by atoms with Crippen LogP contribution >= 0.6 is 0 Å². The Bertz CT molecular complexity index is 1230. The summed E-state index contributed by atoms with van der Waals surface area (Å²) in [5.74, 6) is 3.27. The van der Waals surface area contributed by atoms with E-state index in [1.165, 1.54) is 5.56 Å². The van der Waals surface area contributed by atoms with Crippen LogP contribution in [0.1, 0.15) is 24.1 Å². The molecule has 0 unspecified atom stereocenters. The third-order valence-corrected chi connectivity index (χ3v) is 6.43. The molecule has 2 aromatic carbocycles. The minimum Gasteiger partial charge on any atom is -0.497 e. The summed E-state index contributed by atoms with van der Waals surface area (Å²) in [6, 6.07) is 20.1. The van der Waals surface area contributed by atoms with Gasteiger partial charge in [-0.05, 0) is 86.8 Å². The second-order valence-electron chi connectivity index (χ2n) is 9.02. The number of benzene rings is 2. The van der Waals surface area contributed by atoms with Gasteiger partial charge in [0.05, 0.1) is 13.7 Å². The Morgan fingerprint density at radius 2 is 1.80 bits per heavy atom. The molecule has 1 saturated heterocycles. The van der Waals surface area contributed by atoms with Crippen LogP contribution in [0.25, 0.3) is 22.8 Å². The fourth-order valence-corrected chi connectivity index (χ4v) is 4.29. The van der Waals surface area contributed by atoms with Crippen molar-refractivity contribution < 1.29 is 14.0 Å². The lowest BCUT2D eigenvalue weighted by Gasteiger charge is -2.31. The maximum absolute atomic E-state index is 6.16. The van der Waals surface area contributed by atoms with Crippen molar-refractivity contribution in [2.45, 2.75) is 26.3 Å². The fourth-order valence-electron chi connectivity index (χ4n) is 4.29. The van der Waals surface area contributed by atoms with Gasteiger partial charge in [-0.15, -0.1) is 0 Å². The molecule has 0 atom stereocenters. The molecule has 0 N–H and O–H groups in total. The van der Waals surface area contributed by atoms with Gasteiger partial charge in [-0.2, -0.15) is 4.98 Å². The SMILES string of the molecule is COc1ccc(CN2CCC(COc3cccc(-c4nc(-c5ccc(C)nc5)no4)c3)CC2)cc1. The third kappa shape index (κ3) is 5.87. The molecule has 1 fully saturated rings. The maximum Gasteiger partial charge on any atom is 0.258 e. The highest BCUT2D eigenvalue weighted by molar-refractivity contribution is 5.60. The number of hydrogen-bond acceptors (Lipinski definition) is 7. The van der Waals surface area contributed by atoms with Gasteiger partial charge < -0.3 is 14.0 Å². The summed E-state index contributed by atoms with van der Waals surface area (Å²) in [6.45, 7) is 5.80. The van der Waals surface area contributed by atoms with Crippen LogP contribution < -0.4 is 9.47 Å². The Kier molecular flexibility index (Phi) is 7.04. The Morgan fingerprint density at radius 1 is 0.971 bits per heavy atom. The summed E-state index contributed by atoms with van der Waals surface area (Å²) < 4.78 is 16.9. The highest BCUT2D eigenvalue weighted by atomic mass is 16.5. The predicted octanol–water partition coefficient (Wildman–Crippen LogP) is 5.41. The molecule has 0 bridgehead atoms. The Hall–Kier alpha value is -3.71. The van der Waals surface area contributed by atoms with Crippen LogP contribution in [-0.2, 0) is 6.54 Å². The standard InChI is InChI=1S/C28H30N4O3/c1-20-6-9-24(17-29-20)27-30-28(35-31-27)23-4-3-5-26(16-23)34-19-22-12-14-32(15-13-22)18-21-7-10-25(33-2)11-8-21/h3-11,16-17,22H,12-15,18-19H2,1-2H3. The molecule has 0 aliphatic carbocycles.